The average molecular weight is 345 g/mol. The van der Waals surface area contributed by atoms with E-state index < -0.39 is 15.4 Å². The number of benzene rings is 1. The SMILES string of the molecule is C[C@@H]1CCCN(S(=O)(=O)c2ccc(NC(=O)[C@@H](C)Cl)cc2)C1. The molecule has 0 spiro atoms. The van der Waals surface area contributed by atoms with Gasteiger partial charge in [0, 0.05) is 18.8 Å². The fourth-order valence-electron chi connectivity index (χ4n) is 2.47. The molecule has 0 saturated carbocycles. The number of hydrogen-bond acceptors (Lipinski definition) is 3. The molecule has 1 saturated heterocycles. The van der Waals surface area contributed by atoms with Crippen LogP contribution in [0.5, 0.6) is 0 Å². The minimum absolute atomic E-state index is 0.249. The van der Waals surface area contributed by atoms with E-state index in [1.54, 1.807) is 19.1 Å². The number of nitrogens with zero attached hydrogens (tertiary/aromatic N) is 1. The Bertz CT molecular complexity index is 629. The third-order valence-electron chi connectivity index (χ3n) is 3.74. The molecular formula is C15H21ClN2O3S. The molecule has 0 unspecified atom stereocenters. The summed E-state index contributed by atoms with van der Waals surface area (Å²) in [4.78, 5) is 11.8. The number of halogens is 1. The molecule has 0 bridgehead atoms. The molecule has 2 atom stereocenters. The quantitative estimate of drug-likeness (QED) is 0.854. The van der Waals surface area contributed by atoms with Crippen molar-refractivity contribution in [1.82, 2.24) is 4.31 Å². The van der Waals surface area contributed by atoms with Gasteiger partial charge < -0.3 is 5.32 Å². The second-order valence-electron chi connectivity index (χ2n) is 5.74. The van der Waals surface area contributed by atoms with E-state index in [0.717, 1.165) is 12.8 Å². The molecule has 1 heterocycles. The summed E-state index contributed by atoms with van der Waals surface area (Å²) in [7, 11) is -3.46. The van der Waals surface area contributed by atoms with Crippen molar-refractivity contribution in [2.24, 2.45) is 5.92 Å². The van der Waals surface area contributed by atoms with Gasteiger partial charge in [-0.25, -0.2) is 8.42 Å². The molecule has 1 aliphatic rings. The van der Waals surface area contributed by atoms with Gasteiger partial charge in [-0.1, -0.05) is 6.92 Å². The highest BCUT2D eigenvalue weighted by Crippen LogP contribution is 2.24. The number of nitrogens with one attached hydrogen (secondary N) is 1. The molecule has 7 heteroatoms. The van der Waals surface area contributed by atoms with Gasteiger partial charge in [-0.2, -0.15) is 4.31 Å². The lowest BCUT2D eigenvalue weighted by atomic mass is 10.0. The number of amides is 1. The monoisotopic (exact) mass is 344 g/mol. The van der Waals surface area contributed by atoms with Crippen LogP contribution >= 0.6 is 11.6 Å². The van der Waals surface area contributed by atoms with E-state index in [1.165, 1.54) is 16.4 Å². The Morgan fingerprint density at radius 3 is 2.55 bits per heavy atom. The summed E-state index contributed by atoms with van der Waals surface area (Å²) < 4.78 is 26.7. The predicted octanol–water partition coefficient (Wildman–Crippen LogP) is 2.67. The number of sulfonamides is 1. The fourth-order valence-corrected chi connectivity index (χ4v) is 4.12. The van der Waals surface area contributed by atoms with Crippen molar-refractivity contribution in [1.29, 1.82) is 0 Å². The molecule has 122 valence electrons. The van der Waals surface area contributed by atoms with E-state index in [1.807, 2.05) is 0 Å². The summed E-state index contributed by atoms with van der Waals surface area (Å²) in [5.74, 6) is 0.0643. The molecule has 1 aliphatic heterocycles. The highest BCUT2D eigenvalue weighted by atomic mass is 35.5. The number of piperidine rings is 1. The van der Waals surface area contributed by atoms with Crippen LogP contribution in [0.4, 0.5) is 5.69 Å². The normalized spacial score (nSPS) is 21.3. The number of hydrogen-bond donors (Lipinski definition) is 1. The van der Waals surface area contributed by atoms with E-state index in [2.05, 4.69) is 12.2 Å². The van der Waals surface area contributed by atoms with Crippen molar-refractivity contribution < 1.29 is 13.2 Å². The summed E-state index contributed by atoms with van der Waals surface area (Å²) in [6.07, 6.45) is 1.95. The van der Waals surface area contributed by atoms with Crippen LogP contribution in [0.25, 0.3) is 0 Å². The van der Waals surface area contributed by atoms with Gasteiger partial charge in [0.25, 0.3) is 0 Å². The molecule has 0 aliphatic carbocycles. The van der Waals surface area contributed by atoms with E-state index >= 15 is 0 Å². The van der Waals surface area contributed by atoms with Gasteiger partial charge in [-0.05, 0) is 49.9 Å². The van der Waals surface area contributed by atoms with Crippen LogP contribution in [-0.4, -0.2) is 37.1 Å². The third kappa shape index (κ3) is 4.00. The van der Waals surface area contributed by atoms with Crippen LogP contribution in [0, 0.1) is 5.92 Å². The molecule has 22 heavy (non-hydrogen) atoms. The van der Waals surface area contributed by atoms with E-state index in [9.17, 15) is 13.2 Å². The van der Waals surface area contributed by atoms with Crippen LogP contribution < -0.4 is 5.32 Å². The topological polar surface area (TPSA) is 66.5 Å². The van der Waals surface area contributed by atoms with Gasteiger partial charge in [-0.3, -0.25) is 4.79 Å². The van der Waals surface area contributed by atoms with E-state index in [-0.39, 0.29) is 10.8 Å². The van der Waals surface area contributed by atoms with E-state index in [4.69, 9.17) is 11.6 Å². The molecule has 1 aromatic carbocycles. The number of anilines is 1. The first kappa shape index (κ1) is 17.2. The maximum atomic E-state index is 12.6. The fraction of sp³-hybridized carbons (Fsp3) is 0.533. The minimum atomic E-state index is -3.46. The van der Waals surface area contributed by atoms with Crippen LogP contribution in [0.15, 0.2) is 29.2 Å². The van der Waals surface area contributed by atoms with Gasteiger partial charge in [-0.15, -0.1) is 11.6 Å². The first-order chi connectivity index (χ1) is 10.3. The van der Waals surface area contributed by atoms with Crippen LogP contribution in [0.1, 0.15) is 26.7 Å². The summed E-state index contributed by atoms with van der Waals surface area (Å²) in [5.41, 5.74) is 0.531. The molecule has 1 N–H and O–H groups in total. The second kappa shape index (κ2) is 6.98. The van der Waals surface area contributed by atoms with Gasteiger partial charge in [0.1, 0.15) is 5.38 Å². The molecule has 5 nitrogen and oxygen atoms in total. The number of rotatable bonds is 4. The average Bonchev–Trinajstić information content (AvgIpc) is 2.47. The highest BCUT2D eigenvalue weighted by molar-refractivity contribution is 7.89. The Hall–Kier alpha value is -1.11. The molecular weight excluding hydrogens is 324 g/mol. The summed E-state index contributed by atoms with van der Waals surface area (Å²) in [6, 6.07) is 6.20. The standard InChI is InChI=1S/C15H21ClN2O3S/c1-11-4-3-9-18(10-11)22(20,21)14-7-5-13(6-8-14)17-15(19)12(2)16/h5-8,11-12H,3-4,9-10H2,1-2H3,(H,17,19)/t11-,12-/m1/s1. The lowest BCUT2D eigenvalue weighted by Gasteiger charge is -2.30. The third-order valence-corrected chi connectivity index (χ3v) is 5.82. The number of carbonyl (C=O) groups is 1. The van der Waals surface area contributed by atoms with Gasteiger partial charge >= 0.3 is 0 Å². The van der Waals surface area contributed by atoms with Crippen molar-refractivity contribution in [3.8, 4) is 0 Å². The van der Waals surface area contributed by atoms with Crippen LogP contribution in [-0.2, 0) is 14.8 Å². The van der Waals surface area contributed by atoms with Gasteiger partial charge in [0.15, 0.2) is 0 Å². The zero-order chi connectivity index (χ0) is 16.3. The van der Waals surface area contributed by atoms with Gasteiger partial charge in [0.2, 0.25) is 15.9 Å². The smallest absolute Gasteiger partial charge is 0.243 e. The number of carbonyl (C=O) groups excluding carboxylic acids is 1. The van der Waals surface area contributed by atoms with E-state index in [0.29, 0.717) is 24.7 Å². The second-order valence-corrected chi connectivity index (χ2v) is 8.33. The summed E-state index contributed by atoms with van der Waals surface area (Å²) in [5, 5.41) is 1.99. The Labute approximate surface area is 136 Å². The molecule has 1 aromatic rings. The zero-order valence-corrected chi connectivity index (χ0v) is 14.3. The van der Waals surface area contributed by atoms with Crippen LogP contribution in [0.2, 0.25) is 0 Å². The minimum Gasteiger partial charge on any atom is -0.325 e. The lowest BCUT2D eigenvalue weighted by Crippen LogP contribution is -2.39. The Morgan fingerprint density at radius 1 is 1.36 bits per heavy atom. The van der Waals surface area contributed by atoms with Crippen LogP contribution in [0.3, 0.4) is 0 Å². The summed E-state index contributed by atoms with van der Waals surface area (Å²) in [6.45, 7) is 4.76. The maximum absolute atomic E-state index is 12.6. The maximum Gasteiger partial charge on any atom is 0.243 e. The molecule has 0 radical (unpaired) electrons. The first-order valence-corrected chi connectivity index (χ1v) is 9.23. The Morgan fingerprint density at radius 2 is 2.00 bits per heavy atom. The summed E-state index contributed by atoms with van der Waals surface area (Å²) >= 11 is 5.68. The molecule has 1 amide bonds. The van der Waals surface area contributed by atoms with Crippen molar-refractivity contribution in [2.75, 3.05) is 18.4 Å². The van der Waals surface area contributed by atoms with Crippen molar-refractivity contribution in [2.45, 2.75) is 37.0 Å². The molecule has 0 aromatic heterocycles. The van der Waals surface area contributed by atoms with Gasteiger partial charge in [0.05, 0.1) is 4.90 Å². The molecule has 1 fully saturated rings. The largest absolute Gasteiger partial charge is 0.325 e. The zero-order valence-electron chi connectivity index (χ0n) is 12.8. The molecule has 2 rings (SSSR count). The first-order valence-electron chi connectivity index (χ1n) is 7.36. The highest BCUT2D eigenvalue weighted by Gasteiger charge is 2.28. The number of alkyl halides is 1. The Kier molecular flexibility index (Phi) is 5.47. The Balaban J connectivity index is 2.13. The van der Waals surface area contributed by atoms with Crippen molar-refractivity contribution >= 4 is 33.2 Å². The predicted molar refractivity (Wildman–Crippen MR) is 87.5 cm³/mol. The van der Waals surface area contributed by atoms with Crippen molar-refractivity contribution in [3.63, 3.8) is 0 Å². The van der Waals surface area contributed by atoms with Crippen molar-refractivity contribution in [3.05, 3.63) is 24.3 Å². The lowest BCUT2D eigenvalue weighted by molar-refractivity contribution is -0.115.